The number of nitrogen functional groups attached to an aromatic ring is 1. The van der Waals surface area contributed by atoms with Gasteiger partial charge in [-0.15, -0.1) is 0 Å². The Morgan fingerprint density at radius 3 is 2.85 bits per heavy atom. The molecule has 2 aromatic rings. The monoisotopic (exact) mass is 358 g/mol. The van der Waals surface area contributed by atoms with E-state index in [0.29, 0.717) is 10.7 Å². The van der Waals surface area contributed by atoms with Crippen LogP contribution in [0.5, 0.6) is 0 Å². The van der Waals surface area contributed by atoms with Crippen LogP contribution in [0.15, 0.2) is 34.9 Å². The van der Waals surface area contributed by atoms with Crippen LogP contribution < -0.4 is 16.6 Å². The predicted octanol–water partition coefficient (Wildman–Crippen LogP) is 3.17. The summed E-state index contributed by atoms with van der Waals surface area (Å²) in [6.07, 6.45) is 1.27. The Labute approximate surface area is 127 Å². The quantitative estimate of drug-likeness (QED) is 0.581. The first-order chi connectivity index (χ1) is 9.52. The highest BCUT2D eigenvalue weighted by molar-refractivity contribution is 9.10. The number of halogens is 3. The van der Waals surface area contributed by atoms with Gasteiger partial charge in [-0.25, -0.2) is 15.2 Å². The maximum absolute atomic E-state index is 13.9. The Hall–Kier alpha value is -1.70. The molecule has 0 aliphatic rings. The molecule has 0 saturated carbocycles. The number of benzene rings is 1. The van der Waals surface area contributed by atoms with E-state index in [-0.39, 0.29) is 11.4 Å². The Kier molecular flexibility index (Phi) is 4.53. The van der Waals surface area contributed by atoms with Crippen molar-refractivity contribution in [3.8, 4) is 0 Å². The largest absolute Gasteiger partial charge is 0.321 e. The van der Waals surface area contributed by atoms with Crippen LogP contribution in [-0.4, -0.2) is 10.9 Å². The van der Waals surface area contributed by atoms with Crippen LogP contribution in [-0.2, 0) is 0 Å². The molecular formula is C12H9BrClFN4O. The predicted molar refractivity (Wildman–Crippen MR) is 79.1 cm³/mol. The van der Waals surface area contributed by atoms with Gasteiger partial charge in [0.1, 0.15) is 0 Å². The third-order valence-corrected chi connectivity index (χ3v) is 3.27. The number of hydrogen-bond donors (Lipinski definition) is 3. The number of hydrogen-bond acceptors (Lipinski definition) is 4. The maximum Gasteiger partial charge on any atom is 0.258 e. The summed E-state index contributed by atoms with van der Waals surface area (Å²) in [7, 11) is 0. The van der Waals surface area contributed by atoms with E-state index >= 15 is 0 Å². The molecule has 0 unspecified atom stereocenters. The van der Waals surface area contributed by atoms with Crippen LogP contribution in [0.3, 0.4) is 0 Å². The first-order valence-corrected chi connectivity index (χ1v) is 6.57. The normalized spacial score (nSPS) is 10.2. The molecule has 0 bridgehead atoms. The average Bonchev–Trinajstić information content (AvgIpc) is 2.43. The molecule has 8 heteroatoms. The number of anilines is 2. The number of rotatable bonds is 3. The minimum absolute atomic E-state index is 0.191. The van der Waals surface area contributed by atoms with Gasteiger partial charge in [0.2, 0.25) is 0 Å². The summed E-state index contributed by atoms with van der Waals surface area (Å²) in [4.78, 5) is 15.7. The molecule has 0 atom stereocenters. The molecule has 1 aromatic carbocycles. The van der Waals surface area contributed by atoms with E-state index < -0.39 is 11.7 Å². The Balaban J connectivity index is 2.31. The molecule has 0 aliphatic heterocycles. The summed E-state index contributed by atoms with van der Waals surface area (Å²) >= 11 is 9.21. The van der Waals surface area contributed by atoms with Crippen LogP contribution in [0.4, 0.5) is 15.9 Å². The molecule has 1 amide bonds. The van der Waals surface area contributed by atoms with Gasteiger partial charge in [-0.2, -0.15) is 0 Å². The van der Waals surface area contributed by atoms with Gasteiger partial charge in [-0.3, -0.25) is 4.79 Å². The summed E-state index contributed by atoms with van der Waals surface area (Å²) in [6, 6.07) is 6.19. The fraction of sp³-hybridized carbons (Fsp3) is 0. The van der Waals surface area contributed by atoms with E-state index in [1.54, 1.807) is 18.2 Å². The number of carbonyl (C=O) groups excluding carboxylic acids is 1. The van der Waals surface area contributed by atoms with Crippen molar-refractivity contribution in [3.63, 3.8) is 0 Å². The Morgan fingerprint density at radius 2 is 2.15 bits per heavy atom. The number of carbonyl (C=O) groups is 1. The standard InChI is InChI=1S/C12H9BrClFN4O/c13-6-1-2-8(14)9(5-6)18-12(20)7-3-4-17-11(19-16)10(7)15/h1-5H,16H2,(H,17,19)(H,18,20). The van der Waals surface area contributed by atoms with Gasteiger partial charge in [-0.1, -0.05) is 27.5 Å². The zero-order valence-corrected chi connectivity index (χ0v) is 12.3. The van der Waals surface area contributed by atoms with Crippen molar-refractivity contribution < 1.29 is 9.18 Å². The lowest BCUT2D eigenvalue weighted by Crippen LogP contribution is -2.17. The van der Waals surface area contributed by atoms with Gasteiger partial charge < -0.3 is 10.7 Å². The third kappa shape index (κ3) is 3.06. The summed E-state index contributed by atoms with van der Waals surface area (Å²) in [6.45, 7) is 0. The number of pyridine rings is 1. The lowest BCUT2D eigenvalue weighted by Gasteiger charge is -2.09. The topological polar surface area (TPSA) is 80.0 Å². The second kappa shape index (κ2) is 6.17. The number of hydrazine groups is 1. The van der Waals surface area contributed by atoms with Crippen molar-refractivity contribution in [2.24, 2.45) is 5.84 Å². The van der Waals surface area contributed by atoms with Crippen LogP contribution >= 0.6 is 27.5 Å². The minimum atomic E-state index is -0.835. The number of nitrogens with one attached hydrogen (secondary N) is 2. The van der Waals surface area contributed by atoms with Crippen molar-refractivity contribution in [1.82, 2.24) is 4.98 Å². The number of nitrogens with zero attached hydrogens (tertiary/aromatic N) is 1. The lowest BCUT2D eigenvalue weighted by molar-refractivity contribution is 0.102. The van der Waals surface area contributed by atoms with Crippen LogP contribution in [0.1, 0.15) is 10.4 Å². The number of aromatic nitrogens is 1. The van der Waals surface area contributed by atoms with E-state index in [9.17, 15) is 9.18 Å². The van der Waals surface area contributed by atoms with Gasteiger partial charge in [0, 0.05) is 10.7 Å². The molecule has 1 aromatic heterocycles. The molecule has 0 aliphatic carbocycles. The van der Waals surface area contributed by atoms with Crippen molar-refractivity contribution >= 4 is 44.9 Å². The average molecular weight is 360 g/mol. The van der Waals surface area contributed by atoms with Crippen molar-refractivity contribution in [1.29, 1.82) is 0 Å². The SMILES string of the molecule is NNc1nccc(C(=O)Nc2cc(Br)ccc2Cl)c1F. The van der Waals surface area contributed by atoms with Crippen LogP contribution in [0.25, 0.3) is 0 Å². The molecule has 2 rings (SSSR count). The molecular weight excluding hydrogens is 351 g/mol. The minimum Gasteiger partial charge on any atom is -0.321 e. The zero-order chi connectivity index (χ0) is 14.7. The summed E-state index contributed by atoms with van der Waals surface area (Å²) < 4.78 is 14.6. The van der Waals surface area contributed by atoms with Gasteiger partial charge in [0.05, 0.1) is 16.3 Å². The van der Waals surface area contributed by atoms with E-state index in [2.05, 4.69) is 31.7 Å². The summed E-state index contributed by atoms with van der Waals surface area (Å²) in [5, 5.41) is 2.86. The van der Waals surface area contributed by atoms with Crippen molar-refractivity contribution in [2.75, 3.05) is 10.7 Å². The molecule has 0 radical (unpaired) electrons. The maximum atomic E-state index is 13.9. The first-order valence-electron chi connectivity index (χ1n) is 5.40. The van der Waals surface area contributed by atoms with E-state index in [0.717, 1.165) is 4.47 Å². The summed E-state index contributed by atoms with van der Waals surface area (Å²) in [5.41, 5.74) is 2.25. The number of nitrogens with two attached hydrogens (primary N) is 1. The molecule has 104 valence electrons. The lowest BCUT2D eigenvalue weighted by atomic mass is 10.2. The fourth-order valence-electron chi connectivity index (χ4n) is 1.50. The molecule has 0 fully saturated rings. The molecule has 0 saturated heterocycles. The van der Waals surface area contributed by atoms with E-state index in [1.165, 1.54) is 12.3 Å². The molecule has 5 nitrogen and oxygen atoms in total. The summed E-state index contributed by atoms with van der Waals surface area (Å²) in [5.74, 6) is 3.41. The van der Waals surface area contributed by atoms with Crippen molar-refractivity contribution in [2.45, 2.75) is 0 Å². The fourth-order valence-corrected chi connectivity index (χ4v) is 2.03. The van der Waals surface area contributed by atoms with Crippen LogP contribution in [0.2, 0.25) is 5.02 Å². The second-order valence-corrected chi connectivity index (χ2v) is 5.07. The number of amides is 1. The van der Waals surface area contributed by atoms with Gasteiger partial charge in [-0.05, 0) is 24.3 Å². The van der Waals surface area contributed by atoms with Crippen LogP contribution in [0, 0.1) is 5.82 Å². The van der Waals surface area contributed by atoms with Gasteiger partial charge in [0.15, 0.2) is 11.6 Å². The third-order valence-electron chi connectivity index (χ3n) is 2.45. The van der Waals surface area contributed by atoms with Gasteiger partial charge in [0.25, 0.3) is 5.91 Å². The highest BCUT2D eigenvalue weighted by Gasteiger charge is 2.16. The second-order valence-electron chi connectivity index (χ2n) is 3.74. The molecule has 1 heterocycles. The molecule has 0 spiro atoms. The zero-order valence-electron chi connectivity index (χ0n) is 9.95. The van der Waals surface area contributed by atoms with E-state index in [1.807, 2.05) is 0 Å². The first kappa shape index (κ1) is 14.7. The van der Waals surface area contributed by atoms with E-state index in [4.69, 9.17) is 17.4 Å². The Bertz CT molecular complexity index is 668. The smallest absolute Gasteiger partial charge is 0.258 e. The molecule has 4 N–H and O–H groups in total. The Morgan fingerprint density at radius 1 is 1.40 bits per heavy atom. The highest BCUT2D eigenvalue weighted by Crippen LogP contribution is 2.26. The molecule has 20 heavy (non-hydrogen) atoms. The van der Waals surface area contributed by atoms with Crippen molar-refractivity contribution in [3.05, 3.63) is 51.3 Å². The van der Waals surface area contributed by atoms with Gasteiger partial charge >= 0.3 is 0 Å². The highest BCUT2D eigenvalue weighted by atomic mass is 79.9.